The lowest BCUT2D eigenvalue weighted by molar-refractivity contribution is -0.156. The summed E-state index contributed by atoms with van der Waals surface area (Å²) in [6, 6.07) is 0. The maximum absolute atomic E-state index is 14.0. The SMILES string of the molecule is O=C1OC(=O)[C@@H]2C1C1C[C@H]2C[C@@]12CC[C@]1(CC3C[C@@H]1[C@@H]1C(=O)OC(=O)[C@H]31)C2=O. The Bertz CT molecular complexity index is 850. The van der Waals surface area contributed by atoms with E-state index in [0.29, 0.717) is 12.8 Å². The van der Waals surface area contributed by atoms with Gasteiger partial charge in [0.25, 0.3) is 0 Å². The Balaban J connectivity index is 1.27. The fourth-order valence-corrected chi connectivity index (χ4v) is 9.16. The van der Waals surface area contributed by atoms with Crippen LogP contribution in [0.2, 0.25) is 0 Å². The van der Waals surface area contributed by atoms with Crippen LogP contribution in [0.25, 0.3) is 0 Å². The molecule has 7 rings (SSSR count). The van der Waals surface area contributed by atoms with Gasteiger partial charge >= 0.3 is 23.9 Å². The smallest absolute Gasteiger partial charge is 0.317 e. The molecule has 0 N–H and O–H groups in total. The van der Waals surface area contributed by atoms with Crippen LogP contribution in [-0.2, 0) is 33.4 Å². The van der Waals surface area contributed by atoms with E-state index in [1.54, 1.807) is 0 Å². The van der Waals surface area contributed by atoms with Crippen LogP contribution in [-0.4, -0.2) is 29.7 Å². The number of carbonyl (C=O) groups excluding carboxylic acids is 5. The molecule has 2 spiro atoms. The monoisotopic (exact) mass is 384 g/mol. The van der Waals surface area contributed by atoms with Crippen molar-refractivity contribution in [2.24, 2.45) is 58.2 Å². The zero-order valence-corrected chi connectivity index (χ0v) is 15.2. The lowest BCUT2D eigenvalue weighted by Crippen LogP contribution is -2.48. The number of carbonyl (C=O) groups is 5. The Morgan fingerprint density at radius 1 is 0.607 bits per heavy atom. The summed E-state index contributed by atoms with van der Waals surface area (Å²) < 4.78 is 9.82. The van der Waals surface area contributed by atoms with Crippen molar-refractivity contribution in [2.75, 3.05) is 0 Å². The highest BCUT2D eigenvalue weighted by molar-refractivity contribution is 6.02. The van der Waals surface area contributed by atoms with E-state index < -0.39 is 46.5 Å². The maximum atomic E-state index is 14.0. The quantitative estimate of drug-likeness (QED) is 0.454. The minimum atomic E-state index is -0.554. The van der Waals surface area contributed by atoms with Gasteiger partial charge in [0.15, 0.2) is 0 Å². The normalized spacial score (nSPS) is 57.6. The third-order valence-electron chi connectivity index (χ3n) is 9.85. The Hall–Kier alpha value is -2.05. The fourth-order valence-electron chi connectivity index (χ4n) is 9.16. The average molecular weight is 384 g/mol. The van der Waals surface area contributed by atoms with Crippen molar-refractivity contribution in [3.8, 4) is 0 Å². The molecule has 28 heavy (non-hydrogen) atoms. The largest absolute Gasteiger partial charge is 0.393 e. The van der Waals surface area contributed by atoms with Crippen LogP contribution < -0.4 is 0 Å². The molecule has 10 atom stereocenters. The summed E-state index contributed by atoms with van der Waals surface area (Å²) in [6.45, 7) is 0. The molecule has 3 unspecified atom stereocenters. The molecule has 0 aromatic rings. The summed E-state index contributed by atoms with van der Waals surface area (Å²) in [5, 5.41) is 0. The van der Waals surface area contributed by atoms with Gasteiger partial charge in [-0.15, -0.1) is 0 Å². The first kappa shape index (κ1) is 15.8. The average Bonchev–Trinajstić information content (AvgIpc) is 3.46. The van der Waals surface area contributed by atoms with E-state index in [4.69, 9.17) is 9.47 Å². The predicted molar refractivity (Wildman–Crippen MR) is 87.7 cm³/mol. The predicted octanol–water partition coefficient (Wildman–Crippen LogP) is 1.03. The van der Waals surface area contributed by atoms with Crippen molar-refractivity contribution >= 4 is 29.7 Å². The molecule has 0 radical (unpaired) electrons. The Morgan fingerprint density at radius 2 is 1.00 bits per heavy atom. The van der Waals surface area contributed by atoms with Crippen LogP contribution in [0.1, 0.15) is 38.5 Å². The lowest BCUT2D eigenvalue weighted by atomic mass is 9.58. The van der Waals surface area contributed by atoms with Gasteiger partial charge in [0, 0.05) is 10.8 Å². The topological polar surface area (TPSA) is 104 Å². The number of Topliss-reactive ketones (excluding diaryl/α,β-unsaturated/α-hetero) is 1. The van der Waals surface area contributed by atoms with Gasteiger partial charge in [0.05, 0.1) is 23.7 Å². The molecular weight excluding hydrogens is 364 g/mol. The molecular formula is C21H20O7. The number of ketones is 1. The third-order valence-corrected chi connectivity index (χ3v) is 9.85. The summed E-state index contributed by atoms with van der Waals surface area (Å²) in [5.41, 5.74) is -1.11. The van der Waals surface area contributed by atoms with E-state index in [1.165, 1.54) is 0 Å². The van der Waals surface area contributed by atoms with Gasteiger partial charge in [0.1, 0.15) is 5.78 Å². The van der Waals surface area contributed by atoms with Gasteiger partial charge in [-0.2, -0.15) is 0 Å². The van der Waals surface area contributed by atoms with Gasteiger partial charge < -0.3 is 9.47 Å². The maximum Gasteiger partial charge on any atom is 0.317 e. The van der Waals surface area contributed by atoms with E-state index >= 15 is 0 Å². The second-order valence-corrected chi connectivity index (χ2v) is 10.3. The molecule has 2 saturated heterocycles. The Kier molecular flexibility index (Phi) is 2.49. The molecule has 0 aromatic heterocycles. The molecule has 2 heterocycles. The van der Waals surface area contributed by atoms with Crippen molar-refractivity contribution in [2.45, 2.75) is 38.5 Å². The first-order chi connectivity index (χ1) is 13.4. The van der Waals surface area contributed by atoms with E-state index in [-0.39, 0.29) is 41.3 Å². The van der Waals surface area contributed by atoms with Gasteiger partial charge in [-0.3, -0.25) is 24.0 Å². The van der Waals surface area contributed by atoms with E-state index in [0.717, 1.165) is 25.7 Å². The minimum absolute atomic E-state index is 0.0532. The standard InChI is InChI=1S/C21H20O7/c22-15-11-7-3-9(13(11)17(24)27-15)20(5-7)1-2-21(19(20)26)6-8-4-10(21)14-12(8)16(23)28-18(14)25/h7-14H,1-6H2/t7-,8?,9?,10+,11-,12+,13?,14-,20-,21+/m0/s1. The van der Waals surface area contributed by atoms with E-state index in [1.807, 2.05) is 0 Å². The molecule has 4 bridgehead atoms. The number of hydrogen-bond donors (Lipinski definition) is 0. The molecule has 7 aliphatic rings. The van der Waals surface area contributed by atoms with Crippen LogP contribution in [0.3, 0.4) is 0 Å². The number of ether oxygens (including phenoxy) is 2. The summed E-state index contributed by atoms with van der Waals surface area (Å²) in [5.74, 6) is -3.28. The number of hydrogen-bond acceptors (Lipinski definition) is 7. The van der Waals surface area contributed by atoms with Crippen LogP contribution >= 0.6 is 0 Å². The van der Waals surface area contributed by atoms with E-state index in [9.17, 15) is 24.0 Å². The molecule has 7 nitrogen and oxygen atoms in total. The summed E-state index contributed by atoms with van der Waals surface area (Å²) in [6.07, 6.45) is 4.27. The first-order valence-corrected chi connectivity index (χ1v) is 10.4. The van der Waals surface area contributed by atoms with Gasteiger partial charge in [0.2, 0.25) is 0 Å². The van der Waals surface area contributed by atoms with Crippen LogP contribution in [0, 0.1) is 58.2 Å². The molecule has 5 aliphatic carbocycles. The zero-order valence-electron chi connectivity index (χ0n) is 15.2. The fraction of sp³-hybridized carbons (Fsp3) is 0.762. The van der Waals surface area contributed by atoms with Gasteiger partial charge in [-0.25, -0.2) is 0 Å². The number of fused-ring (bicyclic) bond motifs is 12. The molecule has 0 aromatic carbocycles. The summed E-state index contributed by atoms with van der Waals surface area (Å²) in [4.78, 5) is 62.8. The lowest BCUT2D eigenvalue weighted by Gasteiger charge is -2.41. The third kappa shape index (κ3) is 1.40. The highest BCUT2D eigenvalue weighted by Gasteiger charge is 2.78. The van der Waals surface area contributed by atoms with Crippen LogP contribution in [0.15, 0.2) is 0 Å². The number of cyclic esters (lactones) is 4. The van der Waals surface area contributed by atoms with Crippen molar-refractivity contribution in [1.29, 1.82) is 0 Å². The molecule has 7 fully saturated rings. The summed E-state index contributed by atoms with van der Waals surface area (Å²) >= 11 is 0. The van der Waals surface area contributed by atoms with Crippen molar-refractivity contribution in [3.63, 3.8) is 0 Å². The van der Waals surface area contributed by atoms with Crippen molar-refractivity contribution < 1.29 is 33.4 Å². The van der Waals surface area contributed by atoms with Crippen LogP contribution in [0.4, 0.5) is 0 Å². The van der Waals surface area contributed by atoms with Gasteiger partial charge in [-0.05, 0) is 62.2 Å². The second kappa shape index (κ2) is 4.41. The van der Waals surface area contributed by atoms with Crippen LogP contribution in [0.5, 0.6) is 0 Å². The second-order valence-electron chi connectivity index (χ2n) is 10.3. The molecule has 2 aliphatic heterocycles. The highest BCUT2D eigenvalue weighted by Crippen LogP contribution is 2.75. The van der Waals surface area contributed by atoms with Crippen molar-refractivity contribution in [3.05, 3.63) is 0 Å². The zero-order chi connectivity index (χ0) is 19.2. The number of esters is 4. The van der Waals surface area contributed by atoms with E-state index in [2.05, 4.69) is 0 Å². The Morgan fingerprint density at radius 3 is 1.43 bits per heavy atom. The van der Waals surface area contributed by atoms with Crippen molar-refractivity contribution in [1.82, 2.24) is 0 Å². The molecule has 0 amide bonds. The number of rotatable bonds is 0. The molecule has 146 valence electrons. The summed E-state index contributed by atoms with van der Waals surface area (Å²) in [7, 11) is 0. The molecule has 5 saturated carbocycles. The van der Waals surface area contributed by atoms with Gasteiger partial charge in [-0.1, -0.05) is 0 Å². The Labute approximate surface area is 160 Å². The molecule has 7 heteroatoms. The minimum Gasteiger partial charge on any atom is -0.393 e. The highest BCUT2D eigenvalue weighted by atomic mass is 16.6. The first-order valence-electron chi connectivity index (χ1n) is 10.4.